The zero-order chi connectivity index (χ0) is 23.0. The number of nitrogens with one attached hydrogen (secondary N) is 2. The highest BCUT2D eigenvalue weighted by Crippen LogP contribution is 2.22. The smallest absolute Gasteiger partial charge is 0.422 e. The van der Waals surface area contributed by atoms with Crippen LogP contribution in [0.2, 0.25) is 0 Å². The molecule has 0 spiro atoms. The summed E-state index contributed by atoms with van der Waals surface area (Å²) in [6, 6.07) is 19.2. The SMILES string of the molecule is O=C(CNC(=O)OCC(F)(F)F)NCc1cn(Cc2ccccc2)nc1-c1ccccc1. The maximum Gasteiger partial charge on any atom is 0.422 e. The largest absolute Gasteiger partial charge is 0.440 e. The number of amides is 2. The van der Waals surface area contributed by atoms with Crippen molar-refractivity contribution in [3.63, 3.8) is 0 Å². The van der Waals surface area contributed by atoms with Crippen LogP contribution in [0.3, 0.4) is 0 Å². The molecule has 1 aromatic heterocycles. The van der Waals surface area contributed by atoms with Gasteiger partial charge in [-0.1, -0.05) is 60.7 Å². The van der Waals surface area contributed by atoms with Crippen LogP contribution in [0.4, 0.5) is 18.0 Å². The molecule has 0 bridgehead atoms. The number of carbonyl (C=O) groups is 2. The number of ether oxygens (including phenoxy) is 1. The van der Waals surface area contributed by atoms with Gasteiger partial charge in [-0.3, -0.25) is 9.48 Å². The lowest BCUT2D eigenvalue weighted by molar-refractivity contribution is -0.160. The molecule has 3 aromatic rings. The number of alkyl halides is 3. The minimum absolute atomic E-state index is 0.122. The van der Waals surface area contributed by atoms with Gasteiger partial charge in [0.15, 0.2) is 6.61 Å². The first-order chi connectivity index (χ1) is 15.3. The minimum Gasteiger partial charge on any atom is -0.440 e. The zero-order valence-corrected chi connectivity index (χ0v) is 16.9. The van der Waals surface area contributed by atoms with E-state index in [2.05, 4.69) is 15.2 Å². The average Bonchev–Trinajstić information content (AvgIpc) is 3.18. The summed E-state index contributed by atoms with van der Waals surface area (Å²) in [5, 5.41) is 9.25. The molecule has 0 aliphatic heterocycles. The van der Waals surface area contributed by atoms with E-state index in [-0.39, 0.29) is 6.54 Å². The Kier molecular flexibility index (Phi) is 7.48. The molecular weight excluding hydrogens is 425 g/mol. The fourth-order valence-corrected chi connectivity index (χ4v) is 2.89. The molecule has 0 unspecified atom stereocenters. The van der Waals surface area contributed by atoms with Crippen molar-refractivity contribution in [1.82, 2.24) is 20.4 Å². The maximum atomic E-state index is 12.0. The van der Waals surface area contributed by atoms with Crippen LogP contribution in [-0.2, 0) is 22.6 Å². The van der Waals surface area contributed by atoms with Gasteiger partial charge in [-0.2, -0.15) is 18.3 Å². The topological polar surface area (TPSA) is 85.3 Å². The summed E-state index contributed by atoms with van der Waals surface area (Å²) >= 11 is 0. The van der Waals surface area contributed by atoms with Crippen LogP contribution in [0.1, 0.15) is 11.1 Å². The van der Waals surface area contributed by atoms with Gasteiger partial charge >= 0.3 is 12.3 Å². The second kappa shape index (κ2) is 10.5. The molecular formula is C22H21F3N4O3. The van der Waals surface area contributed by atoms with E-state index in [0.717, 1.165) is 16.7 Å². The highest BCUT2D eigenvalue weighted by Gasteiger charge is 2.29. The van der Waals surface area contributed by atoms with Gasteiger partial charge in [0.05, 0.1) is 12.2 Å². The van der Waals surface area contributed by atoms with Crippen molar-refractivity contribution in [3.8, 4) is 11.3 Å². The second-order valence-electron chi connectivity index (χ2n) is 6.87. The Bertz CT molecular complexity index is 1040. The fraction of sp³-hybridized carbons (Fsp3) is 0.227. The third-order valence-electron chi connectivity index (χ3n) is 4.31. The Hall–Kier alpha value is -3.82. The van der Waals surface area contributed by atoms with Crippen molar-refractivity contribution in [1.29, 1.82) is 0 Å². The van der Waals surface area contributed by atoms with Gasteiger partial charge < -0.3 is 15.4 Å². The molecule has 10 heteroatoms. The van der Waals surface area contributed by atoms with Gasteiger partial charge in [0.1, 0.15) is 6.54 Å². The van der Waals surface area contributed by atoms with Crippen LogP contribution in [0.25, 0.3) is 11.3 Å². The van der Waals surface area contributed by atoms with Gasteiger partial charge in [0.25, 0.3) is 0 Å². The van der Waals surface area contributed by atoms with E-state index in [1.165, 1.54) is 0 Å². The lowest BCUT2D eigenvalue weighted by Crippen LogP contribution is -2.38. The maximum absolute atomic E-state index is 12.0. The van der Waals surface area contributed by atoms with E-state index in [4.69, 9.17) is 0 Å². The van der Waals surface area contributed by atoms with Crippen LogP contribution < -0.4 is 10.6 Å². The Labute approximate surface area is 182 Å². The van der Waals surface area contributed by atoms with Gasteiger partial charge in [0.2, 0.25) is 5.91 Å². The Morgan fingerprint density at radius 1 is 0.969 bits per heavy atom. The summed E-state index contributed by atoms with van der Waals surface area (Å²) in [6.07, 6.45) is -4.13. The molecule has 2 aromatic carbocycles. The zero-order valence-electron chi connectivity index (χ0n) is 16.9. The van der Waals surface area contributed by atoms with E-state index < -0.39 is 31.3 Å². The van der Waals surface area contributed by atoms with E-state index in [1.807, 2.05) is 72.2 Å². The monoisotopic (exact) mass is 446 g/mol. The molecule has 2 amide bonds. The lowest BCUT2D eigenvalue weighted by atomic mass is 10.1. The highest BCUT2D eigenvalue weighted by molar-refractivity contribution is 5.82. The van der Waals surface area contributed by atoms with Gasteiger partial charge in [-0.05, 0) is 5.56 Å². The van der Waals surface area contributed by atoms with Crippen molar-refractivity contribution in [2.75, 3.05) is 13.2 Å². The predicted molar refractivity (Wildman–Crippen MR) is 110 cm³/mol. The summed E-state index contributed by atoms with van der Waals surface area (Å²) in [7, 11) is 0. The number of hydrogen-bond donors (Lipinski definition) is 2. The number of alkyl carbamates (subject to hydrolysis) is 1. The highest BCUT2D eigenvalue weighted by atomic mass is 19.4. The average molecular weight is 446 g/mol. The van der Waals surface area contributed by atoms with E-state index >= 15 is 0 Å². The molecule has 7 nitrogen and oxygen atoms in total. The van der Waals surface area contributed by atoms with Crippen LogP contribution in [-0.4, -0.2) is 41.1 Å². The van der Waals surface area contributed by atoms with Gasteiger partial charge in [0, 0.05) is 23.9 Å². The number of benzene rings is 2. The van der Waals surface area contributed by atoms with Crippen LogP contribution in [0.5, 0.6) is 0 Å². The number of aromatic nitrogens is 2. The van der Waals surface area contributed by atoms with Gasteiger partial charge in [-0.15, -0.1) is 0 Å². The summed E-state index contributed by atoms with van der Waals surface area (Å²) in [5.41, 5.74) is 3.38. The molecule has 168 valence electrons. The molecule has 0 radical (unpaired) electrons. The molecule has 1 heterocycles. The first kappa shape index (κ1) is 22.9. The van der Waals surface area contributed by atoms with Crippen molar-refractivity contribution in [2.45, 2.75) is 19.3 Å². The van der Waals surface area contributed by atoms with E-state index in [9.17, 15) is 22.8 Å². The molecule has 0 atom stereocenters. The number of carbonyl (C=O) groups excluding carboxylic acids is 2. The first-order valence-corrected chi connectivity index (χ1v) is 9.70. The third kappa shape index (κ3) is 7.15. The molecule has 3 rings (SSSR count). The number of hydrogen-bond acceptors (Lipinski definition) is 4. The second-order valence-corrected chi connectivity index (χ2v) is 6.87. The van der Waals surface area contributed by atoms with Crippen molar-refractivity contribution in [2.24, 2.45) is 0 Å². The van der Waals surface area contributed by atoms with E-state index in [1.54, 1.807) is 4.68 Å². The lowest BCUT2D eigenvalue weighted by Gasteiger charge is -2.09. The van der Waals surface area contributed by atoms with Crippen molar-refractivity contribution >= 4 is 12.0 Å². The summed E-state index contributed by atoms with van der Waals surface area (Å²) in [6.45, 7) is -1.57. The summed E-state index contributed by atoms with van der Waals surface area (Å²) in [4.78, 5) is 23.3. The van der Waals surface area contributed by atoms with Crippen molar-refractivity contribution in [3.05, 3.63) is 78.0 Å². The quantitative estimate of drug-likeness (QED) is 0.555. The Morgan fingerprint density at radius 3 is 2.28 bits per heavy atom. The normalized spacial score (nSPS) is 11.1. The Morgan fingerprint density at radius 2 is 1.62 bits per heavy atom. The van der Waals surface area contributed by atoms with E-state index in [0.29, 0.717) is 12.2 Å². The molecule has 0 aliphatic rings. The minimum atomic E-state index is -4.63. The molecule has 2 N–H and O–H groups in total. The molecule has 0 fully saturated rings. The molecule has 0 saturated carbocycles. The van der Waals surface area contributed by atoms with Crippen LogP contribution >= 0.6 is 0 Å². The molecule has 0 aliphatic carbocycles. The summed E-state index contributed by atoms with van der Waals surface area (Å²) < 4.78 is 41.9. The number of rotatable bonds is 8. The molecule has 0 saturated heterocycles. The summed E-state index contributed by atoms with van der Waals surface area (Å²) in [5.74, 6) is -0.580. The Balaban J connectivity index is 1.62. The van der Waals surface area contributed by atoms with Crippen LogP contribution in [0.15, 0.2) is 66.9 Å². The van der Waals surface area contributed by atoms with Gasteiger partial charge in [-0.25, -0.2) is 4.79 Å². The number of nitrogens with zero attached hydrogens (tertiary/aromatic N) is 2. The van der Waals surface area contributed by atoms with Crippen LogP contribution in [0, 0.1) is 0 Å². The standard InChI is InChI=1S/C22H21F3N4O3/c23-22(24,25)15-32-21(31)27-12-19(30)26-11-18-14-29(13-16-7-3-1-4-8-16)28-20(18)17-9-5-2-6-10-17/h1-10,14H,11-13,15H2,(H,26,30)(H,27,31). The number of halogens is 3. The first-order valence-electron chi connectivity index (χ1n) is 9.70. The van der Waals surface area contributed by atoms with Crippen molar-refractivity contribution < 1.29 is 27.5 Å². The fourth-order valence-electron chi connectivity index (χ4n) is 2.89. The molecule has 32 heavy (non-hydrogen) atoms. The predicted octanol–water partition coefficient (Wildman–Crippen LogP) is 3.50. The third-order valence-corrected chi connectivity index (χ3v) is 4.31.